The summed E-state index contributed by atoms with van der Waals surface area (Å²) in [5, 5.41) is 7.78. The average molecular weight is 306 g/mol. The highest BCUT2D eigenvalue weighted by Gasteiger charge is 2.19. The number of pyridine rings is 1. The molecule has 4 nitrogen and oxygen atoms in total. The van der Waals surface area contributed by atoms with Gasteiger partial charge in [-0.05, 0) is 52.0 Å². The first kappa shape index (κ1) is 15.6. The third-order valence-electron chi connectivity index (χ3n) is 2.97. The Morgan fingerprint density at radius 2 is 2.00 bits per heavy atom. The summed E-state index contributed by atoms with van der Waals surface area (Å²) in [6.07, 6.45) is 1.70. The highest BCUT2D eigenvalue weighted by molar-refractivity contribution is 6.31. The molecule has 1 aromatic carbocycles. The van der Waals surface area contributed by atoms with Crippen molar-refractivity contribution < 1.29 is 4.79 Å². The van der Waals surface area contributed by atoms with Crippen LogP contribution in [-0.4, -0.2) is 22.5 Å². The van der Waals surface area contributed by atoms with Crippen molar-refractivity contribution in [3.05, 3.63) is 35.5 Å². The Morgan fingerprint density at radius 1 is 1.29 bits per heavy atom. The number of carbonyl (C=O) groups is 1. The van der Waals surface area contributed by atoms with Crippen LogP contribution in [0.5, 0.6) is 0 Å². The van der Waals surface area contributed by atoms with E-state index in [0.717, 1.165) is 16.6 Å². The SMILES string of the molecule is CC(Nc1ccnc2cc(Cl)ccc12)C(=O)NC(C)(C)C. The summed E-state index contributed by atoms with van der Waals surface area (Å²) >= 11 is 5.98. The first-order chi connectivity index (χ1) is 9.76. The van der Waals surface area contributed by atoms with Crippen molar-refractivity contribution in [3.8, 4) is 0 Å². The number of carbonyl (C=O) groups excluding carboxylic acids is 1. The summed E-state index contributed by atoms with van der Waals surface area (Å²) in [6.45, 7) is 7.72. The Labute approximate surface area is 129 Å². The third-order valence-corrected chi connectivity index (χ3v) is 3.20. The van der Waals surface area contributed by atoms with Crippen molar-refractivity contribution in [2.24, 2.45) is 0 Å². The van der Waals surface area contributed by atoms with Crippen LogP contribution in [0, 0.1) is 0 Å². The smallest absolute Gasteiger partial charge is 0.242 e. The number of amides is 1. The molecule has 0 bridgehead atoms. The Hall–Kier alpha value is -1.81. The number of nitrogens with one attached hydrogen (secondary N) is 2. The van der Waals surface area contributed by atoms with E-state index in [-0.39, 0.29) is 17.5 Å². The molecule has 112 valence electrons. The Bertz CT molecular complexity index is 664. The molecule has 0 aliphatic rings. The van der Waals surface area contributed by atoms with Crippen molar-refractivity contribution in [1.82, 2.24) is 10.3 Å². The van der Waals surface area contributed by atoms with Gasteiger partial charge in [-0.15, -0.1) is 0 Å². The van der Waals surface area contributed by atoms with Gasteiger partial charge in [0.25, 0.3) is 0 Å². The molecule has 0 aliphatic carbocycles. The van der Waals surface area contributed by atoms with Gasteiger partial charge in [-0.1, -0.05) is 11.6 Å². The molecule has 0 radical (unpaired) electrons. The second-order valence-corrected chi connectivity index (χ2v) is 6.56. The predicted octanol–water partition coefficient (Wildman–Crippen LogP) is 3.60. The summed E-state index contributed by atoms with van der Waals surface area (Å²) in [5.41, 5.74) is 1.42. The van der Waals surface area contributed by atoms with Crippen LogP contribution < -0.4 is 10.6 Å². The zero-order chi connectivity index (χ0) is 15.6. The zero-order valence-electron chi connectivity index (χ0n) is 12.7. The van der Waals surface area contributed by atoms with Crippen LogP contribution in [-0.2, 0) is 4.79 Å². The average Bonchev–Trinajstić information content (AvgIpc) is 2.36. The van der Waals surface area contributed by atoms with Gasteiger partial charge in [-0.3, -0.25) is 9.78 Å². The number of hydrogen-bond acceptors (Lipinski definition) is 3. The van der Waals surface area contributed by atoms with Gasteiger partial charge < -0.3 is 10.6 Å². The number of benzene rings is 1. The molecule has 2 rings (SSSR count). The van der Waals surface area contributed by atoms with Gasteiger partial charge in [0.05, 0.1) is 5.52 Å². The van der Waals surface area contributed by atoms with E-state index in [4.69, 9.17) is 11.6 Å². The lowest BCUT2D eigenvalue weighted by Gasteiger charge is -2.24. The Kier molecular flexibility index (Phi) is 4.37. The highest BCUT2D eigenvalue weighted by Crippen LogP contribution is 2.24. The van der Waals surface area contributed by atoms with Crippen LogP contribution in [0.15, 0.2) is 30.5 Å². The molecule has 0 aliphatic heterocycles. The van der Waals surface area contributed by atoms with Crippen molar-refractivity contribution in [1.29, 1.82) is 0 Å². The van der Waals surface area contributed by atoms with Crippen molar-refractivity contribution in [2.75, 3.05) is 5.32 Å². The minimum Gasteiger partial charge on any atom is -0.373 e. The van der Waals surface area contributed by atoms with E-state index in [1.54, 1.807) is 6.20 Å². The van der Waals surface area contributed by atoms with Crippen LogP contribution in [0.4, 0.5) is 5.69 Å². The van der Waals surface area contributed by atoms with Crippen molar-refractivity contribution in [2.45, 2.75) is 39.3 Å². The van der Waals surface area contributed by atoms with Crippen LogP contribution in [0.2, 0.25) is 5.02 Å². The van der Waals surface area contributed by atoms with E-state index in [2.05, 4.69) is 15.6 Å². The van der Waals surface area contributed by atoms with Crippen molar-refractivity contribution in [3.63, 3.8) is 0 Å². The maximum Gasteiger partial charge on any atom is 0.242 e. The molecular weight excluding hydrogens is 286 g/mol. The molecule has 1 unspecified atom stereocenters. The minimum absolute atomic E-state index is 0.0403. The number of nitrogens with zero attached hydrogens (tertiary/aromatic N) is 1. The van der Waals surface area contributed by atoms with E-state index in [1.807, 2.05) is 52.0 Å². The van der Waals surface area contributed by atoms with Crippen LogP contribution >= 0.6 is 11.6 Å². The molecule has 1 aromatic heterocycles. The number of anilines is 1. The highest BCUT2D eigenvalue weighted by atomic mass is 35.5. The number of hydrogen-bond donors (Lipinski definition) is 2. The first-order valence-corrected chi connectivity index (χ1v) is 7.27. The molecule has 0 spiro atoms. The number of rotatable bonds is 3. The largest absolute Gasteiger partial charge is 0.373 e. The van der Waals surface area contributed by atoms with Crippen LogP contribution in [0.1, 0.15) is 27.7 Å². The van der Waals surface area contributed by atoms with Crippen molar-refractivity contribution >= 4 is 34.1 Å². The molecule has 1 atom stereocenters. The normalized spacial score (nSPS) is 13.0. The molecule has 5 heteroatoms. The first-order valence-electron chi connectivity index (χ1n) is 6.89. The summed E-state index contributed by atoms with van der Waals surface area (Å²) in [6, 6.07) is 7.04. The van der Waals surface area contributed by atoms with E-state index in [0.29, 0.717) is 5.02 Å². The summed E-state index contributed by atoms with van der Waals surface area (Å²) in [7, 11) is 0. The fraction of sp³-hybridized carbons (Fsp3) is 0.375. The van der Waals surface area contributed by atoms with Gasteiger partial charge in [0, 0.05) is 27.8 Å². The van der Waals surface area contributed by atoms with Gasteiger partial charge in [-0.2, -0.15) is 0 Å². The topological polar surface area (TPSA) is 54.0 Å². The maximum atomic E-state index is 12.1. The van der Waals surface area contributed by atoms with E-state index in [1.165, 1.54) is 0 Å². The lowest BCUT2D eigenvalue weighted by atomic mass is 10.1. The molecular formula is C16H20ClN3O. The third kappa shape index (κ3) is 4.08. The Balaban J connectivity index is 2.22. The lowest BCUT2D eigenvalue weighted by Crippen LogP contribution is -2.47. The van der Waals surface area contributed by atoms with Crippen LogP contribution in [0.25, 0.3) is 10.9 Å². The molecule has 21 heavy (non-hydrogen) atoms. The lowest BCUT2D eigenvalue weighted by molar-refractivity contribution is -0.122. The van der Waals surface area contributed by atoms with Gasteiger partial charge in [0.2, 0.25) is 5.91 Å². The molecule has 1 heterocycles. The van der Waals surface area contributed by atoms with E-state index in [9.17, 15) is 4.79 Å². The summed E-state index contributed by atoms with van der Waals surface area (Å²) < 4.78 is 0. The second-order valence-electron chi connectivity index (χ2n) is 6.13. The Morgan fingerprint density at radius 3 is 2.67 bits per heavy atom. The zero-order valence-corrected chi connectivity index (χ0v) is 13.5. The number of halogens is 1. The molecule has 2 aromatic rings. The van der Waals surface area contributed by atoms with E-state index >= 15 is 0 Å². The molecule has 0 saturated carbocycles. The molecule has 0 saturated heterocycles. The number of fused-ring (bicyclic) bond motifs is 1. The van der Waals surface area contributed by atoms with Gasteiger partial charge in [0.15, 0.2) is 0 Å². The summed E-state index contributed by atoms with van der Waals surface area (Å²) in [4.78, 5) is 16.4. The number of aromatic nitrogens is 1. The summed E-state index contributed by atoms with van der Waals surface area (Å²) in [5.74, 6) is -0.0403. The fourth-order valence-corrected chi connectivity index (χ4v) is 2.19. The standard InChI is InChI=1S/C16H20ClN3O/c1-10(15(21)20-16(2,3)4)19-13-7-8-18-14-9-11(17)5-6-12(13)14/h5-10H,1-4H3,(H,18,19)(H,20,21). The monoisotopic (exact) mass is 305 g/mol. The fourth-order valence-electron chi connectivity index (χ4n) is 2.02. The van der Waals surface area contributed by atoms with E-state index < -0.39 is 0 Å². The van der Waals surface area contributed by atoms with Gasteiger partial charge in [-0.25, -0.2) is 0 Å². The maximum absolute atomic E-state index is 12.1. The second kappa shape index (κ2) is 5.90. The quantitative estimate of drug-likeness (QED) is 0.911. The minimum atomic E-state index is -0.342. The molecule has 1 amide bonds. The molecule has 0 fully saturated rings. The van der Waals surface area contributed by atoms with Gasteiger partial charge in [0.1, 0.15) is 6.04 Å². The van der Waals surface area contributed by atoms with Gasteiger partial charge >= 0.3 is 0 Å². The molecule has 2 N–H and O–H groups in total. The predicted molar refractivity (Wildman–Crippen MR) is 87.7 cm³/mol. The van der Waals surface area contributed by atoms with Crippen LogP contribution in [0.3, 0.4) is 0 Å².